The summed E-state index contributed by atoms with van der Waals surface area (Å²) in [7, 11) is 0. The minimum atomic E-state index is -4.55. The lowest BCUT2D eigenvalue weighted by molar-refractivity contribution is -0.0369. The van der Waals surface area contributed by atoms with Crippen molar-refractivity contribution in [3.63, 3.8) is 0 Å². The predicted molar refractivity (Wildman–Crippen MR) is 74.4 cm³/mol. The minimum absolute atomic E-state index is 0.136. The second-order valence-corrected chi connectivity index (χ2v) is 5.80. The highest BCUT2D eigenvalue weighted by Crippen LogP contribution is 2.44. The van der Waals surface area contributed by atoms with E-state index in [0.717, 1.165) is 37.0 Å². The fraction of sp³-hybridized carbons (Fsp3) is 0.429. The third-order valence-electron chi connectivity index (χ3n) is 3.28. The van der Waals surface area contributed by atoms with Crippen LogP contribution in [0.5, 0.6) is 17.2 Å². The van der Waals surface area contributed by atoms with Gasteiger partial charge in [-0.1, -0.05) is 11.6 Å². The van der Waals surface area contributed by atoms with Gasteiger partial charge in [0.15, 0.2) is 12.0 Å². The number of hydrogen-bond donors (Lipinski definition) is 2. The van der Waals surface area contributed by atoms with Gasteiger partial charge in [0.1, 0.15) is 17.2 Å². The summed E-state index contributed by atoms with van der Waals surface area (Å²) in [6.45, 7) is 1.97. The number of hydrogen-bond acceptors (Lipinski definition) is 4. The molecule has 2 rings (SSSR count). The smallest absolute Gasteiger partial charge is 0.479 e. The first-order chi connectivity index (χ1) is 9.76. The monoisotopic (exact) mass is 320 g/mol. The zero-order chi connectivity index (χ0) is 15.6. The number of alkyl halides is 3. The molecule has 0 fully saturated rings. The van der Waals surface area contributed by atoms with Crippen LogP contribution in [0, 0.1) is 0 Å². The van der Waals surface area contributed by atoms with E-state index in [1.54, 1.807) is 0 Å². The van der Waals surface area contributed by atoms with Gasteiger partial charge < -0.3 is 14.4 Å². The highest BCUT2D eigenvalue weighted by molar-refractivity contribution is 7.95. The molecule has 1 unspecified atom stereocenters. The summed E-state index contributed by atoms with van der Waals surface area (Å²) in [5.74, 6) is -0.900. The molecule has 1 atom stereocenters. The Bertz CT molecular complexity index is 532. The van der Waals surface area contributed by atoms with Crippen molar-refractivity contribution < 1.29 is 27.6 Å². The van der Waals surface area contributed by atoms with Crippen LogP contribution in [0.3, 0.4) is 0 Å². The van der Waals surface area contributed by atoms with E-state index in [1.807, 2.05) is 13.0 Å². The van der Waals surface area contributed by atoms with Gasteiger partial charge in [0.05, 0.1) is 0 Å². The molecule has 0 saturated heterocycles. The molecule has 1 aliphatic rings. The molecular formula is C14H15F3O3S. The molecule has 0 saturated carbocycles. The highest BCUT2D eigenvalue weighted by atomic mass is 32.2. The molecule has 0 aliphatic heterocycles. The first-order valence-electron chi connectivity index (χ1n) is 6.42. The van der Waals surface area contributed by atoms with Crippen molar-refractivity contribution in [2.45, 2.75) is 37.6 Å². The molecule has 0 bridgehead atoms. The van der Waals surface area contributed by atoms with E-state index in [0.29, 0.717) is 5.56 Å². The predicted octanol–water partition coefficient (Wildman–Crippen LogP) is 4.86. The Hall–Kier alpha value is -1.50. The first-order valence-corrected chi connectivity index (χ1v) is 7.16. The number of phenolic OH excluding ortho intramolecular Hbond substituents is 2. The lowest BCUT2D eigenvalue weighted by atomic mass is 9.85. The molecule has 0 heterocycles. The van der Waals surface area contributed by atoms with Crippen LogP contribution in [0.2, 0.25) is 0 Å². The summed E-state index contributed by atoms with van der Waals surface area (Å²) in [6, 6.07) is 2.18. The van der Waals surface area contributed by atoms with Gasteiger partial charge >= 0.3 is 5.51 Å². The van der Waals surface area contributed by atoms with E-state index < -0.39 is 17.6 Å². The standard InChI is InChI=1S/C14H15F3O3S/c1-8-3-2-4-9(5-8)13-11(18)6-10(7-12(13)19)20-21-14(15,16)17/h5-7,9,18-19H,2-4H2,1H3. The normalized spacial score (nSPS) is 19.2. The van der Waals surface area contributed by atoms with Crippen LogP contribution in [0.1, 0.15) is 37.7 Å². The summed E-state index contributed by atoms with van der Waals surface area (Å²) in [5.41, 5.74) is -3.05. The van der Waals surface area contributed by atoms with Crippen LogP contribution >= 0.6 is 12.0 Å². The molecule has 1 aliphatic carbocycles. The van der Waals surface area contributed by atoms with Gasteiger partial charge in [-0.25, -0.2) is 0 Å². The summed E-state index contributed by atoms with van der Waals surface area (Å²) < 4.78 is 40.6. The quantitative estimate of drug-likeness (QED) is 0.617. The van der Waals surface area contributed by atoms with E-state index >= 15 is 0 Å². The first kappa shape index (κ1) is 15.9. The van der Waals surface area contributed by atoms with E-state index in [2.05, 4.69) is 4.18 Å². The lowest BCUT2D eigenvalue weighted by Gasteiger charge is -2.22. The number of rotatable bonds is 3. The molecule has 7 heteroatoms. The van der Waals surface area contributed by atoms with Crippen molar-refractivity contribution in [3.8, 4) is 17.2 Å². The Morgan fingerprint density at radius 1 is 1.24 bits per heavy atom. The van der Waals surface area contributed by atoms with Crippen LogP contribution in [0.4, 0.5) is 13.2 Å². The Balaban J connectivity index is 2.23. The Labute approximate surface area is 124 Å². The van der Waals surface area contributed by atoms with Crippen molar-refractivity contribution in [2.75, 3.05) is 0 Å². The zero-order valence-electron chi connectivity index (χ0n) is 11.3. The van der Waals surface area contributed by atoms with E-state index in [-0.39, 0.29) is 23.2 Å². The number of phenols is 2. The average molecular weight is 320 g/mol. The summed E-state index contributed by atoms with van der Waals surface area (Å²) in [4.78, 5) is 0. The van der Waals surface area contributed by atoms with Gasteiger partial charge in [0.25, 0.3) is 0 Å². The van der Waals surface area contributed by atoms with Gasteiger partial charge in [-0.3, -0.25) is 0 Å². The van der Waals surface area contributed by atoms with Crippen LogP contribution in [0.15, 0.2) is 23.8 Å². The lowest BCUT2D eigenvalue weighted by Crippen LogP contribution is -2.04. The van der Waals surface area contributed by atoms with Crippen molar-refractivity contribution in [3.05, 3.63) is 29.3 Å². The van der Waals surface area contributed by atoms with Crippen molar-refractivity contribution in [2.24, 2.45) is 0 Å². The van der Waals surface area contributed by atoms with Gasteiger partial charge in [0, 0.05) is 23.6 Å². The number of aromatic hydroxyl groups is 2. The number of allylic oxidation sites excluding steroid dienone is 2. The maximum atomic E-state index is 12.1. The van der Waals surface area contributed by atoms with E-state index in [4.69, 9.17) is 0 Å². The molecule has 1 aromatic rings. The Morgan fingerprint density at radius 2 is 1.86 bits per heavy atom. The second-order valence-electron chi connectivity index (χ2n) is 5.00. The van der Waals surface area contributed by atoms with Crippen molar-refractivity contribution in [1.82, 2.24) is 0 Å². The molecule has 3 nitrogen and oxygen atoms in total. The molecule has 0 amide bonds. The third kappa shape index (κ3) is 4.23. The molecule has 0 aromatic heterocycles. The summed E-state index contributed by atoms with van der Waals surface area (Å²) in [5, 5.41) is 20.0. The number of benzene rings is 1. The molecular weight excluding hydrogens is 305 g/mol. The topological polar surface area (TPSA) is 49.7 Å². The average Bonchev–Trinajstić information content (AvgIpc) is 2.35. The van der Waals surface area contributed by atoms with Gasteiger partial charge in [-0.15, -0.1) is 0 Å². The Morgan fingerprint density at radius 3 is 2.38 bits per heavy atom. The molecule has 116 valence electrons. The van der Waals surface area contributed by atoms with E-state index in [1.165, 1.54) is 0 Å². The molecule has 21 heavy (non-hydrogen) atoms. The fourth-order valence-electron chi connectivity index (χ4n) is 2.46. The van der Waals surface area contributed by atoms with Crippen LogP contribution in [0.25, 0.3) is 0 Å². The van der Waals surface area contributed by atoms with Crippen molar-refractivity contribution >= 4 is 12.0 Å². The van der Waals surface area contributed by atoms with Crippen molar-refractivity contribution in [1.29, 1.82) is 0 Å². The maximum Gasteiger partial charge on any atom is 0.479 e. The Kier molecular flexibility index (Phi) is 4.61. The zero-order valence-corrected chi connectivity index (χ0v) is 12.1. The van der Waals surface area contributed by atoms with Crippen LogP contribution < -0.4 is 4.18 Å². The molecule has 0 spiro atoms. The maximum absolute atomic E-state index is 12.1. The largest absolute Gasteiger partial charge is 0.507 e. The molecule has 2 N–H and O–H groups in total. The summed E-state index contributed by atoms with van der Waals surface area (Å²) >= 11 is -0.688. The fourth-order valence-corrected chi connectivity index (χ4v) is 2.75. The number of halogens is 3. The van der Waals surface area contributed by atoms with Gasteiger partial charge in [-0.2, -0.15) is 13.2 Å². The second kappa shape index (κ2) is 6.09. The van der Waals surface area contributed by atoms with Crippen LogP contribution in [-0.4, -0.2) is 15.7 Å². The summed E-state index contributed by atoms with van der Waals surface area (Å²) in [6.07, 6.45) is 4.65. The molecule has 1 aromatic carbocycles. The minimum Gasteiger partial charge on any atom is -0.507 e. The SMILES string of the molecule is CC1=CC(c2c(O)cc(OSC(F)(F)F)cc2O)CCC1. The molecule has 0 radical (unpaired) electrons. The van der Waals surface area contributed by atoms with Gasteiger partial charge in [0.2, 0.25) is 0 Å². The van der Waals surface area contributed by atoms with E-state index in [9.17, 15) is 23.4 Å². The highest BCUT2D eigenvalue weighted by Gasteiger charge is 2.32. The van der Waals surface area contributed by atoms with Gasteiger partial charge in [-0.05, 0) is 26.2 Å². The third-order valence-corrected chi connectivity index (χ3v) is 3.75. The van der Waals surface area contributed by atoms with Crippen LogP contribution in [-0.2, 0) is 0 Å².